The number of ether oxygens (including phenoxy) is 2. The molecule has 9 heteroatoms. The molecule has 3 rings (SSSR count). The van der Waals surface area contributed by atoms with Gasteiger partial charge in [0.1, 0.15) is 12.4 Å². The summed E-state index contributed by atoms with van der Waals surface area (Å²) < 4.78 is 11.0. The SMILES string of the molecule is Cc1ccc(N)c(NN=Cc2cc(N3CCOCC3)nc(OCC(C)(C)O)n2)c1. The predicted molar refractivity (Wildman–Crippen MR) is 114 cm³/mol. The normalized spacial score (nSPS) is 15.0. The van der Waals surface area contributed by atoms with Crippen LogP contribution in [0.2, 0.25) is 0 Å². The van der Waals surface area contributed by atoms with Crippen molar-refractivity contribution in [1.29, 1.82) is 0 Å². The molecule has 156 valence electrons. The molecule has 4 N–H and O–H groups in total. The monoisotopic (exact) mass is 400 g/mol. The van der Waals surface area contributed by atoms with Crippen LogP contribution in [0.25, 0.3) is 0 Å². The first-order chi connectivity index (χ1) is 13.8. The van der Waals surface area contributed by atoms with E-state index in [4.69, 9.17) is 15.2 Å². The highest BCUT2D eigenvalue weighted by Crippen LogP contribution is 2.20. The van der Waals surface area contributed by atoms with E-state index in [2.05, 4.69) is 25.4 Å². The number of rotatable bonds is 7. The zero-order chi connectivity index (χ0) is 20.9. The van der Waals surface area contributed by atoms with Gasteiger partial charge in [0.15, 0.2) is 0 Å². The first-order valence-corrected chi connectivity index (χ1v) is 9.52. The maximum atomic E-state index is 9.93. The van der Waals surface area contributed by atoms with Gasteiger partial charge in [-0.1, -0.05) is 6.07 Å². The Morgan fingerprint density at radius 2 is 2.07 bits per heavy atom. The lowest BCUT2D eigenvalue weighted by molar-refractivity contribution is 0.0250. The van der Waals surface area contributed by atoms with Gasteiger partial charge in [0.05, 0.1) is 42.1 Å². The highest BCUT2D eigenvalue weighted by Gasteiger charge is 2.18. The van der Waals surface area contributed by atoms with Crippen LogP contribution in [0.1, 0.15) is 25.1 Å². The van der Waals surface area contributed by atoms with Gasteiger partial charge in [0.25, 0.3) is 0 Å². The molecule has 0 aliphatic carbocycles. The fraction of sp³-hybridized carbons (Fsp3) is 0.450. The second-order valence-corrected chi connectivity index (χ2v) is 7.59. The number of aryl methyl sites for hydroxylation is 1. The summed E-state index contributed by atoms with van der Waals surface area (Å²) in [6, 6.07) is 7.72. The molecule has 0 amide bonds. The number of nitrogens with zero attached hydrogens (tertiary/aromatic N) is 4. The van der Waals surface area contributed by atoms with Crippen molar-refractivity contribution in [3.8, 4) is 6.01 Å². The molecular weight excluding hydrogens is 372 g/mol. The number of hydrogen-bond acceptors (Lipinski definition) is 9. The minimum Gasteiger partial charge on any atom is -0.460 e. The second-order valence-electron chi connectivity index (χ2n) is 7.59. The van der Waals surface area contributed by atoms with Gasteiger partial charge in [-0.05, 0) is 38.5 Å². The Kier molecular flexibility index (Phi) is 6.50. The van der Waals surface area contributed by atoms with Gasteiger partial charge in [-0.3, -0.25) is 5.43 Å². The van der Waals surface area contributed by atoms with Crippen LogP contribution in [0.4, 0.5) is 17.2 Å². The zero-order valence-corrected chi connectivity index (χ0v) is 17.1. The Bertz CT molecular complexity index is 860. The van der Waals surface area contributed by atoms with Crippen molar-refractivity contribution in [2.45, 2.75) is 26.4 Å². The molecular formula is C20H28N6O3. The molecule has 1 fully saturated rings. The van der Waals surface area contributed by atoms with E-state index in [1.54, 1.807) is 20.1 Å². The number of nitrogens with one attached hydrogen (secondary N) is 1. The van der Waals surface area contributed by atoms with E-state index in [0.29, 0.717) is 24.6 Å². The number of benzene rings is 1. The number of hydrogen-bond donors (Lipinski definition) is 3. The van der Waals surface area contributed by atoms with Crippen molar-refractivity contribution in [3.05, 3.63) is 35.5 Å². The zero-order valence-electron chi connectivity index (χ0n) is 17.1. The fourth-order valence-corrected chi connectivity index (χ4v) is 2.69. The lowest BCUT2D eigenvalue weighted by atomic mass is 10.2. The summed E-state index contributed by atoms with van der Waals surface area (Å²) in [5.41, 5.74) is 10.9. The van der Waals surface area contributed by atoms with Crippen LogP contribution in [0.15, 0.2) is 29.4 Å². The number of nitrogen functional groups attached to an aromatic ring is 1. The predicted octanol–water partition coefficient (Wildman–Crippen LogP) is 1.80. The molecule has 1 saturated heterocycles. The van der Waals surface area contributed by atoms with Crippen molar-refractivity contribution in [1.82, 2.24) is 9.97 Å². The number of morpholine rings is 1. The van der Waals surface area contributed by atoms with Gasteiger partial charge in [-0.2, -0.15) is 15.1 Å². The largest absolute Gasteiger partial charge is 0.460 e. The summed E-state index contributed by atoms with van der Waals surface area (Å²) in [7, 11) is 0. The molecule has 0 atom stereocenters. The first-order valence-electron chi connectivity index (χ1n) is 9.52. The Morgan fingerprint density at radius 3 is 2.79 bits per heavy atom. The highest BCUT2D eigenvalue weighted by molar-refractivity contribution is 5.80. The second kappa shape index (κ2) is 9.06. The Balaban J connectivity index is 1.80. The van der Waals surface area contributed by atoms with E-state index in [-0.39, 0.29) is 12.6 Å². The van der Waals surface area contributed by atoms with Gasteiger partial charge in [-0.15, -0.1) is 0 Å². The van der Waals surface area contributed by atoms with E-state index in [1.807, 2.05) is 31.2 Å². The maximum Gasteiger partial charge on any atom is 0.319 e. The third kappa shape index (κ3) is 6.30. The number of anilines is 3. The van der Waals surface area contributed by atoms with Crippen molar-refractivity contribution in [3.63, 3.8) is 0 Å². The van der Waals surface area contributed by atoms with E-state index in [9.17, 15) is 5.11 Å². The Labute approximate surface area is 170 Å². The Hall–Kier alpha value is -2.91. The standard InChI is InChI=1S/C20H28N6O3/c1-14-4-5-16(21)17(10-14)25-22-12-15-11-18(26-6-8-28-9-7-26)24-19(23-15)29-13-20(2,3)27/h4-5,10-12,25,27H,6-9,13,21H2,1-3H3. The van der Waals surface area contributed by atoms with Gasteiger partial charge < -0.3 is 25.2 Å². The molecule has 9 nitrogen and oxygen atoms in total. The molecule has 0 unspecified atom stereocenters. The first kappa shape index (κ1) is 20.8. The molecule has 1 aromatic carbocycles. The van der Waals surface area contributed by atoms with Crippen LogP contribution in [0.3, 0.4) is 0 Å². The minimum atomic E-state index is -0.989. The molecule has 1 aromatic heterocycles. The van der Waals surface area contributed by atoms with E-state index in [0.717, 1.165) is 30.2 Å². The number of hydrazone groups is 1. The van der Waals surface area contributed by atoms with Crippen LogP contribution in [0, 0.1) is 6.92 Å². The van der Waals surface area contributed by atoms with Crippen molar-refractivity contribution >= 4 is 23.4 Å². The smallest absolute Gasteiger partial charge is 0.319 e. The molecule has 0 saturated carbocycles. The molecule has 0 bridgehead atoms. The number of aromatic nitrogens is 2. The number of aliphatic hydroxyl groups is 1. The lowest BCUT2D eigenvalue weighted by Gasteiger charge is -2.28. The van der Waals surface area contributed by atoms with E-state index < -0.39 is 5.60 Å². The van der Waals surface area contributed by atoms with Crippen molar-refractivity contribution in [2.24, 2.45) is 5.10 Å². The summed E-state index contributed by atoms with van der Waals surface area (Å²) in [4.78, 5) is 11.0. The molecule has 0 spiro atoms. The minimum absolute atomic E-state index is 0.0776. The van der Waals surface area contributed by atoms with Crippen LogP contribution in [0.5, 0.6) is 6.01 Å². The van der Waals surface area contributed by atoms with Crippen molar-refractivity contribution in [2.75, 3.05) is 49.0 Å². The summed E-state index contributed by atoms with van der Waals surface area (Å²) in [5, 5.41) is 14.2. The van der Waals surface area contributed by atoms with Crippen LogP contribution in [-0.4, -0.2) is 59.8 Å². The van der Waals surface area contributed by atoms with Gasteiger partial charge >= 0.3 is 6.01 Å². The third-order valence-corrected chi connectivity index (χ3v) is 4.19. The van der Waals surface area contributed by atoms with Crippen LogP contribution in [-0.2, 0) is 4.74 Å². The van der Waals surface area contributed by atoms with Gasteiger partial charge in [0, 0.05) is 19.2 Å². The van der Waals surface area contributed by atoms with Crippen LogP contribution < -0.4 is 20.8 Å². The topological polar surface area (TPSA) is 118 Å². The quantitative estimate of drug-likeness (QED) is 0.366. The molecule has 2 heterocycles. The molecule has 2 aromatic rings. The van der Waals surface area contributed by atoms with E-state index in [1.165, 1.54) is 0 Å². The maximum absolute atomic E-state index is 9.93. The summed E-state index contributed by atoms with van der Waals surface area (Å²) in [6.45, 7) is 8.14. The molecule has 0 radical (unpaired) electrons. The van der Waals surface area contributed by atoms with Gasteiger partial charge in [-0.25, -0.2) is 0 Å². The lowest BCUT2D eigenvalue weighted by Crippen LogP contribution is -2.37. The van der Waals surface area contributed by atoms with Gasteiger partial charge in [0.2, 0.25) is 0 Å². The number of nitrogens with two attached hydrogens (primary N) is 1. The summed E-state index contributed by atoms with van der Waals surface area (Å²) in [6.07, 6.45) is 1.59. The summed E-state index contributed by atoms with van der Waals surface area (Å²) >= 11 is 0. The van der Waals surface area contributed by atoms with Crippen molar-refractivity contribution < 1.29 is 14.6 Å². The van der Waals surface area contributed by atoms with E-state index >= 15 is 0 Å². The average molecular weight is 400 g/mol. The fourth-order valence-electron chi connectivity index (χ4n) is 2.69. The Morgan fingerprint density at radius 1 is 1.31 bits per heavy atom. The van der Waals surface area contributed by atoms with Crippen LogP contribution >= 0.6 is 0 Å². The average Bonchev–Trinajstić information content (AvgIpc) is 2.69. The molecule has 29 heavy (non-hydrogen) atoms. The highest BCUT2D eigenvalue weighted by atomic mass is 16.5. The summed E-state index contributed by atoms with van der Waals surface area (Å²) in [5.74, 6) is 0.727. The molecule has 1 aliphatic rings. The molecule has 1 aliphatic heterocycles. The third-order valence-electron chi connectivity index (χ3n) is 4.19.